The van der Waals surface area contributed by atoms with Crippen LogP contribution in [-0.2, 0) is 10.0 Å². The van der Waals surface area contributed by atoms with Crippen molar-refractivity contribution in [2.45, 2.75) is 31.2 Å². The number of hydrogen-bond donors (Lipinski definition) is 1. The second-order valence-electron chi connectivity index (χ2n) is 6.69. The molecule has 1 N–H and O–H groups in total. The summed E-state index contributed by atoms with van der Waals surface area (Å²) >= 11 is 0. The number of methoxy groups -OCH3 is 2. The summed E-state index contributed by atoms with van der Waals surface area (Å²) in [7, 11) is -0.439. The van der Waals surface area contributed by atoms with Crippen LogP contribution >= 0.6 is 0 Å². The van der Waals surface area contributed by atoms with Crippen LogP contribution in [0.2, 0.25) is 0 Å². The lowest BCUT2D eigenvalue weighted by Crippen LogP contribution is -2.28. The molecule has 0 heterocycles. The molecule has 0 fully saturated rings. The van der Waals surface area contributed by atoms with E-state index in [1.54, 1.807) is 32.4 Å². The third-order valence-electron chi connectivity index (χ3n) is 4.86. The molecular formula is C22H25NO4S. The first-order valence-corrected chi connectivity index (χ1v) is 10.6. The van der Waals surface area contributed by atoms with Crippen LogP contribution in [0.1, 0.15) is 30.5 Å². The molecule has 3 aromatic carbocycles. The Morgan fingerprint density at radius 2 is 1.64 bits per heavy atom. The summed E-state index contributed by atoms with van der Waals surface area (Å²) in [5.74, 6) is 1.52. The molecule has 28 heavy (non-hydrogen) atoms. The zero-order chi connectivity index (χ0) is 20.3. The van der Waals surface area contributed by atoms with Gasteiger partial charge in [0.2, 0.25) is 10.0 Å². The van der Waals surface area contributed by atoms with Crippen molar-refractivity contribution in [1.82, 2.24) is 4.72 Å². The highest BCUT2D eigenvalue weighted by molar-refractivity contribution is 7.89. The van der Waals surface area contributed by atoms with Gasteiger partial charge in [-0.25, -0.2) is 13.1 Å². The maximum Gasteiger partial charge on any atom is 0.241 e. The Morgan fingerprint density at radius 1 is 0.929 bits per heavy atom. The van der Waals surface area contributed by atoms with Crippen LogP contribution in [0.3, 0.4) is 0 Å². The lowest BCUT2D eigenvalue weighted by molar-refractivity contribution is 0.411. The van der Waals surface area contributed by atoms with E-state index in [2.05, 4.69) is 4.72 Å². The van der Waals surface area contributed by atoms with E-state index in [-0.39, 0.29) is 10.9 Å². The van der Waals surface area contributed by atoms with Crippen molar-refractivity contribution >= 4 is 20.8 Å². The van der Waals surface area contributed by atoms with E-state index in [4.69, 9.17) is 9.47 Å². The highest BCUT2D eigenvalue weighted by atomic mass is 32.2. The van der Waals surface area contributed by atoms with Crippen LogP contribution in [-0.4, -0.2) is 22.6 Å². The van der Waals surface area contributed by atoms with E-state index < -0.39 is 10.0 Å². The molecule has 148 valence electrons. The molecule has 0 radical (unpaired) electrons. The van der Waals surface area contributed by atoms with Crippen LogP contribution in [0.4, 0.5) is 0 Å². The molecule has 3 aromatic rings. The summed E-state index contributed by atoms with van der Waals surface area (Å²) in [6, 6.07) is 16.1. The topological polar surface area (TPSA) is 64.6 Å². The highest BCUT2D eigenvalue weighted by Gasteiger charge is 2.21. The Bertz CT molecular complexity index is 1090. The fraction of sp³-hybridized carbons (Fsp3) is 0.273. The largest absolute Gasteiger partial charge is 0.497 e. The number of fused-ring (bicyclic) bond motifs is 1. The molecule has 3 rings (SSSR count). The maximum atomic E-state index is 13.0. The normalized spacial score (nSPS) is 12.7. The van der Waals surface area contributed by atoms with Gasteiger partial charge < -0.3 is 9.47 Å². The SMILES string of the molecule is CC[C@@H](NS(=O)(=O)c1ccc2cc(OC)ccc2c1)c1ccc(OC)c(C)c1. The van der Waals surface area contributed by atoms with Gasteiger partial charge in [-0.3, -0.25) is 0 Å². The number of sulfonamides is 1. The summed E-state index contributed by atoms with van der Waals surface area (Å²) in [6.45, 7) is 3.90. The van der Waals surface area contributed by atoms with E-state index in [1.165, 1.54) is 0 Å². The van der Waals surface area contributed by atoms with Crippen molar-refractivity contribution in [1.29, 1.82) is 0 Å². The molecule has 0 aliphatic heterocycles. The van der Waals surface area contributed by atoms with Gasteiger partial charge in [-0.1, -0.05) is 31.2 Å². The van der Waals surface area contributed by atoms with Crippen LogP contribution in [0.25, 0.3) is 10.8 Å². The molecular weight excluding hydrogens is 374 g/mol. The van der Waals surface area contributed by atoms with Crippen LogP contribution < -0.4 is 14.2 Å². The minimum absolute atomic E-state index is 0.244. The quantitative estimate of drug-likeness (QED) is 0.631. The molecule has 0 saturated heterocycles. The fourth-order valence-corrected chi connectivity index (χ4v) is 4.60. The number of ether oxygens (including phenoxy) is 2. The minimum Gasteiger partial charge on any atom is -0.497 e. The number of nitrogens with one attached hydrogen (secondary N) is 1. The van der Waals surface area contributed by atoms with E-state index in [9.17, 15) is 8.42 Å². The van der Waals surface area contributed by atoms with Gasteiger partial charge in [0.05, 0.1) is 19.1 Å². The van der Waals surface area contributed by atoms with Crippen molar-refractivity contribution in [3.63, 3.8) is 0 Å². The van der Waals surface area contributed by atoms with Crippen LogP contribution in [0, 0.1) is 6.92 Å². The third kappa shape index (κ3) is 4.13. The second-order valence-corrected chi connectivity index (χ2v) is 8.40. The van der Waals surface area contributed by atoms with Gasteiger partial charge in [0.1, 0.15) is 11.5 Å². The molecule has 0 spiro atoms. The number of rotatable bonds is 7. The van der Waals surface area contributed by atoms with Crippen molar-refractivity contribution in [3.05, 3.63) is 65.7 Å². The molecule has 0 unspecified atom stereocenters. The summed E-state index contributed by atoms with van der Waals surface area (Å²) in [5, 5.41) is 1.77. The van der Waals surface area contributed by atoms with Gasteiger partial charge in [0.15, 0.2) is 0 Å². The molecule has 6 heteroatoms. The zero-order valence-electron chi connectivity index (χ0n) is 16.5. The van der Waals surface area contributed by atoms with Gasteiger partial charge in [0, 0.05) is 6.04 Å². The molecule has 5 nitrogen and oxygen atoms in total. The minimum atomic E-state index is -3.67. The first kappa shape index (κ1) is 20.2. The first-order chi connectivity index (χ1) is 13.4. The smallest absolute Gasteiger partial charge is 0.241 e. The van der Waals surface area contributed by atoms with Crippen LogP contribution in [0.5, 0.6) is 11.5 Å². The lowest BCUT2D eigenvalue weighted by Gasteiger charge is -2.19. The van der Waals surface area contributed by atoms with Gasteiger partial charge >= 0.3 is 0 Å². The summed E-state index contributed by atoms with van der Waals surface area (Å²) in [5.41, 5.74) is 1.88. The summed E-state index contributed by atoms with van der Waals surface area (Å²) < 4.78 is 39.3. The molecule has 0 aliphatic rings. The van der Waals surface area contributed by atoms with Crippen molar-refractivity contribution in [2.24, 2.45) is 0 Å². The highest BCUT2D eigenvalue weighted by Crippen LogP contribution is 2.27. The van der Waals surface area contributed by atoms with Crippen molar-refractivity contribution in [2.75, 3.05) is 14.2 Å². The Hall–Kier alpha value is -2.57. The predicted octanol–water partition coefficient (Wildman–Crippen LogP) is 4.60. The molecule has 1 atom stereocenters. The number of aryl methyl sites for hydroxylation is 1. The van der Waals surface area contributed by atoms with Crippen molar-refractivity contribution < 1.29 is 17.9 Å². The van der Waals surface area contributed by atoms with Gasteiger partial charge in [-0.15, -0.1) is 0 Å². The Morgan fingerprint density at radius 3 is 2.29 bits per heavy atom. The lowest BCUT2D eigenvalue weighted by atomic mass is 10.0. The van der Waals surface area contributed by atoms with E-state index in [0.29, 0.717) is 6.42 Å². The van der Waals surface area contributed by atoms with Gasteiger partial charge in [0.25, 0.3) is 0 Å². The number of benzene rings is 3. The van der Waals surface area contributed by atoms with Gasteiger partial charge in [-0.2, -0.15) is 0 Å². The van der Waals surface area contributed by atoms with Crippen molar-refractivity contribution in [3.8, 4) is 11.5 Å². The average Bonchev–Trinajstić information content (AvgIpc) is 2.71. The third-order valence-corrected chi connectivity index (χ3v) is 6.33. The average molecular weight is 400 g/mol. The Kier molecular flexibility index (Phi) is 5.91. The van der Waals surface area contributed by atoms with E-state index in [1.807, 2.05) is 50.2 Å². The van der Waals surface area contributed by atoms with Crippen LogP contribution in [0.15, 0.2) is 59.5 Å². The predicted molar refractivity (Wildman–Crippen MR) is 112 cm³/mol. The Labute approximate surface area is 166 Å². The van der Waals surface area contributed by atoms with E-state index in [0.717, 1.165) is 33.4 Å². The summed E-state index contributed by atoms with van der Waals surface area (Å²) in [6.07, 6.45) is 0.635. The molecule has 0 aliphatic carbocycles. The zero-order valence-corrected chi connectivity index (χ0v) is 17.3. The monoisotopic (exact) mass is 399 g/mol. The number of hydrogen-bond acceptors (Lipinski definition) is 4. The van der Waals surface area contributed by atoms with E-state index >= 15 is 0 Å². The molecule has 0 saturated carbocycles. The second kappa shape index (κ2) is 8.20. The van der Waals surface area contributed by atoms with Gasteiger partial charge in [-0.05, 0) is 65.6 Å². The summed E-state index contributed by atoms with van der Waals surface area (Å²) in [4.78, 5) is 0.244. The molecule has 0 aromatic heterocycles. The molecule has 0 bridgehead atoms. The first-order valence-electron chi connectivity index (χ1n) is 9.12. The standard InChI is InChI=1S/C22H25NO4S/c1-5-21(18-8-11-22(27-4)15(2)12-18)23-28(24,25)20-10-7-16-13-19(26-3)9-6-17(16)14-20/h6-14,21,23H,5H2,1-4H3/t21-/m1/s1. The maximum absolute atomic E-state index is 13.0. The Balaban J connectivity index is 1.91. The molecule has 0 amide bonds. The fourth-order valence-electron chi connectivity index (χ4n) is 3.26.